The number of amides is 2. The zero-order valence-electron chi connectivity index (χ0n) is 14.6. The summed E-state index contributed by atoms with van der Waals surface area (Å²) in [6.45, 7) is 2.66. The molecule has 0 atom stereocenters. The summed E-state index contributed by atoms with van der Waals surface area (Å²) in [5.74, 6) is 0.0330. The van der Waals surface area contributed by atoms with Gasteiger partial charge in [0.25, 0.3) is 0 Å². The van der Waals surface area contributed by atoms with E-state index in [4.69, 9.17) is 0 Å². The van der Waals surface area contributed by atoms with Crippen LogP contribution >= 0.6 is 11.3 Å². The lowest BCUT2D eigenvalue weighted by molar-refractivity contribution is -0.129. The summed E-state index contributed by atoms with van der Waals surface area (Å²) in [5.41, 5.74) is 2.20. The van der Waals surface area contributed by atoms with E-state index in [0.717, 1.165) is 23.3 Å². The number of hydrogen-bond acceptors (Lipinski definition) is 4. The maximum absolute atomic E-state index is 13.2. The molecule has 1 aliphatic carbocycles. The first kappa shape index (κ1) is 17.0. The number of thiophene rings is 1. The van der Waals surface area contributed by atoms with Crippen molar-refractivity contribution in [2.75, 3.05) is 11.9 Å². The number of benzene rings is 1. The Morgan fingerprint density at radius 1 is 1.15 bits per heavy atom. The molecule has 1 fully saturated rings. The fraction of sp³-hybridized carbons (Fsp3) is 0.350. The van der Waals surface area contributed by atoms with Gasteiger partial charge < -0.3 is 10.2 Å². The van der Waals surface area contributed by atoms with Crippen molar-refractivity contribution in [1.82, 2.24) is 4.90 Å². The number of anilines is 1. The fourth-order valence-electron chi connectivity index (χ4n) is 3.29. The summed E-state index contributed by atoms with van der Waals surface area (Å²) in [7, 11) is 0. The summed E-state index contributed by atoms with van der Waals surface area (Å²) in [6.07, 6.45) is 2.46. The molecule has 1 aliphatic heterocycles. The minimum Gasteiger partial charge on any atom is -0.337 e. The largest absolute Gasteiger partial charge is 0.337 e. The van der Waals surface area contributed by atoms with Gasteiger partial charge in [-0.3, -0.25) is 14.4 Å². The van der Waals surface area contributed by atoms with Gasteiger partial charge in [0.2, 0.25) is 11.8 Å². The average Bonchev–Trinajstić information content (AvgIpc) is 3.43. The van der Waals surface area contributed by atoms with Crippen molar-refractivity contribution in [3.8, 4) is 0 Å². The number of carbonyl (C=O) groups is 3. The number of fused-ring (bicyclic) bond motifs is 1. The van der Waals surface area contributed by atoms with E-state index in [9.17, 15) is 14.4 Å². The Labute approximate surface area is 156 Å². The Morgan fingerprint density at radius 3 is 2.54 bits per heavy atom. The van der Waals surface area contributed by atoms with Crippen LogP contribution in [0, 0.1) is 5.92 Å². The van der Waals surface area contributed by atoms with Gasteiger partial charge in [0.1, 0.15) is 5.00 Å². The van der Waals surface area contributed by atoms with Gasteiger partial charge in [-0.25, -0.2) is 0 Å². The van der Waals surface area contributed by atoms with E-state index in [1.807, 2.05) is 18.2 Å². The minimum absolute atomic E-state index is 0.00543. The molecular weight excluding hydrogens is 348 g/mol. The molecular formula is C20H20N2O3S. The fourth-order valence-corrected chi connectivity index (χ4v) is 4.56. The third-order valence-corrected chi connectivity index (χ3v) is 6.08. The molecule has 26 heavy (non-hydrogen) atoms. The topological polar surface area (TPSA) is 66.5 Å². The van der Waals surface area contributed by atoms with Gasteiger partial charge in [-0.1, -0.05) is 30.3 Å². The summed E-state index contributed by atoms with van der Waals surface area (Å²) in [6, 6.07) is 9.14. The monoisotopic (exact) mass is 368 g/mol. The number of rotatable bonds is 4. The maximum atomic E-state index is 13.2. The normalized spacial score (nSPS) is 16.1. The molecule has 0 bridgehead atoms. The molecule has 1 aromatic carbocycles. The SMILES string of the molecule is CC(=O)N1CCc2c(sc(NC(=O)C3CC3)c2C(=O)c2ccccc2)C1. The summed E-state index contributed by atoms with van der Waals surface area (Å²) in [4.78, 5) is 40.0. The van der Waals surface area contributed by atoms with Crippen LogP contribution in [0.3, 0.4) is 0 Å². The van der Waals surface area contributed by atoms with Gasteiger partial charge >= 0.3 is 0 Å². The number of hydrogen-bond donors (Lipinski definition) is 1. The van der Waals surface area contributed by atoms with E-state index < -0.39 is 0 Å². The van der Waals surface area contributed by atoms with Crippen molar-refractivity contribution in [3.05, 3.63) is 51.9 Å². The standard InChI is InChI=1S/C20H20N2O3S/c1-12(23)22-10-9-15-16(11-22)26-20(21-19(25)14-7-8-14)17(15)18(24)13-5-3-2-4-6-13/h2-6,14H,7-11H2,1H3,(H,21,25). The van der Waals surface area contributed by atoms with Crippen molar-refractivity contribution in [2.45, 2.75) is 32.7 Å². The van der Waals surface area contributed by atoms with Crippen LogP contribution < -0.4 is 5.32 Å². The van der Waals surface area contributed by atoms with E-state index in [2.05, 4.69) is 5.32 Å². The highest BCUT2D eigenvalue weighted by atomic mass is 32.1. The second kappa shape index (κ2) is 6.68. The number of nitrogens with zero attached hydrogens (tertiary/aromatic N) is 1. The molecule has 2 heterocycles. The van der Waals surface area contributed by atoms with Crippen molar-refractivity contribution >= 4 is 33.9 Å². The highest BCUT2D eigenvalue weighted by Gasteiger charge is 2.33. The van der Waals surface area contributed by atoms with Gasteiger partial charge in [0.15, 0.2) is 5.78 Å². The Morgan fingerprint density at radius 2 is 1.88 bits per heavy atom. The molecule has 134 valence electrons. The zero-order chi connectivity index (χ0) is 18.3. The van der Waals surface area contributed by atoms with Crippen molar-refractivity contribution < 1.29 is 14.4 Å². The second-order valence-corrected chi connectivity index (χ2v) is 7.96. The van der Waals surface area contributed by atoms with Crippen LogP contribution in [0.25, 0.3) is 0 Å². The molecule has 0 spiro atoms. The third-order valence-electron chi connectivity index (χ3n) is 4.95. The van der Waals surface area contributed by atoms with Gasteiger partial charge in [-0.05, 0) is 24.8 Å². The lowest BCUT2D eigenvalue weighted by Crippen LogP contribution is -2.33. The number of ketones is 1. The van der Waals surface area contributed by atoms with Crippen LogP contribution in [0.15, 0.2) is 30.3 Å². The van der Waals surface area contributed by atoms with Crippen LogP contribution in [0.2, 0.25) is 0 Å². The molecule has 5 nitrogen and oxygen atoms in total. The van der Waals surface area contributed by atoms with E-state index in [-0.39, 0.29) is 23.5 Å². The molecule has 1 saturated carbocycles. The third kappa shape index (κ3) is 3.17. The van der Waals surface area contributed by atoms with E-state index in [1.54, 1.807) is 24.0 Å². The lowest BCUT2D eigenvalue weighted by Gasteiger charge is -2.26. The Hall–Kier alpha value is -2.47. The first-order valence-corrected chi connectivity index (χ1v) is 9.67. The van der Waals surface area contributed by atoms with Crippen LogP contribution in [-0.2, 0) is 22.6 Å². The van der Waals surface area contributed by atoms with Gasteiger partial charge in [0, 0.05) is 29.8 Å². The molecule has 0 radical (unpaired) electrons. The molecule has 6 heteroatoms. The highest BCUT2D eigenvalue weighted by Crippen LogP contribution is 2.40. The summed E-state index contributed by atoms with van der Waals surface area (Å²) in [5, 5.41) is 3.61. The van der Waals surface area contributed by atoms with E-state index >= 15 is 0 Å². The van der Waals surface area contributed by atoms with Crippen molar-refractivity contribution in [1.29, 1.82) is 0 Å². The molecule has 0 unspecified atom stereocenters. The summed E-state index contributed by atoms with van der Waals surface area (Å²) >= 11 is 1.43. The smallest absolute Gasteiger partial charge is 0.228 e. The average molecular weight is 368 g/mol. The molecule has 1 N–H and O–H groups in total. The molecule has 4 rings (SSSR count). The van der Waals surface area contributed by atoms with Crippen molar-refractivity contribution in [2.24, 2.45) is 5.92 Å². The van der Waals surface area contributed by atoms with Gasteiger partial charge in [-0.2, -0.15) is 0 Å². The maximum Gasteiger partial charge on any atom is 0.228 e. The van der Waals surface area contributed by atoms with Crippen LogP contribution in [0.4, 0.5) is 5.00 Å². The Kier molecular flexibility index (Phi) is 4.36. The molecule has 0 saturated heterocycles. The molecule has 2 aliphatic rings. The Balaban J connectivity index is 1.73. The van der Waals surface area contributed by atoms with Crippen molar-refractivity contribution in [3.63, 3.8) is 0 Å². The summed E-state index contributed by atoms with van der Waals surface area (Å²) < 4.78 is 0. The zero-order valence-corrected chi connectivity index (χ0v) is 15.4. The number of nitrogens with one attached hydrogen (secondary N) is 1. The van der Waals surface area contributed by atoms with E-state index in [0.29, 0.717) is 35.6 Å². The predicted molar refractivity (Wildman–Crippen MR) is 100 cm³/mol. The highest BCUT2D eigenvalue weighted by molar-refractivity contribution is 7.17. The molecule has 2 aromatic rings. The van der Waals surface area contributed by atoms with E-state index in [1.165, 1.54) is 11.3 Å². The van der Waals surface area contributed by atoms with Crippen LogP contribution in [0.1, 0.15) is 46.1 Å². The van der Waals surface area contributed by atoms with Crippen LogP contribution in [0.5, 0.6) is 0 Å². The second-order valence-electron chi connectivity index (χ2n) is 6.86. The van der Waals surface area contributed by atoms with Gasteiger partial charge in [-0.15, -0.1) is 11.3 Å². The Bertz CT molecular complexity index is 884. The first-order chi connectivity index (χ1) is 12.5. The number of carbonyl (C=O) groups excluding carboxylic acids is 3. The molecule has 2 amide bonds. The minimum atomic E-state index is -0.0644. The van der Waals surface area contributed by atoms with Gasteiger partial charge in [0.05, 0.1) is 12.1 Å². The van der Waals surface area contributed by atoms with Crippen LogP contribution in [-0.4, -0.2) is 29.0 Å². The first-order valence-electron chi connectivity index (χ1n) is 8.85. The quantitative estimate of drug-likeness (QED) is 0.843. The lowest BCUT2D eigenvalue weighted by atomic mass is 9.96. The predicted octanol–water partition coefficient (Wildman–Crippen LogP) is 3.23. The molecule has 1 aromatic heterocycles.